The number of benzene rings is 3. The van der Waals surface area contributed by atoms with Crippen molar-refractivity contribution >= 4 is 17.8 Å². The summed E-state index contributed by atoms with van der Waals surface area (Å²) in [6.07, 6.45) is 0.300. The van der Waals surface area contributed by atoms with Crippen LogP contribution < -0.4 is 10.6 Å². The normalized spacial score (nSPS) is 12.7. The third-order valence-corrected chi connectivity index (χ3v) is 7.40. The monoisotopic (exact) mass is 336 g/mol. The Morgan fingerprint density at radius 3 is 1.58 bits per heavy atom. The lowest BCUT2D eigenvalue weighted by Crippen LogP contribution is -2.19. The molecule has 0 fully saturated rings. The number of rotatable bonds is 6. The summed E-state index contributed by atoms with van der Waals surface area (Å²) in [6, 6.07) is 28.7. The predicted molar refractivity (Wildman–Crippen MR) is 101 cm³/mol. The zero-order chi connectivity index (χ0) is 16.8. The van der Waals surface area contributed by atoms with Crippen molar-refractivity contribution in [2.75, 3.05) is 6.16 Å². The van der Waals surface area contributed by atoms with Crippen molar-refractivity contribution in [3.8, 4) is 0 Å². The summed E-state index contributed by atoms with van der Waals surface area (Å²) < 4.78 is 13.8. The molecule has 0 aromatic heterocycles. The molecule has 122 valence electrons. The topological polar surface area (TPSA) is 37.3 Å². The van der Waals surface area contributed by atoms with Crippen LogP contribution in [0.15, 0.2) is 91.0 Å². The second-order valence-electron chi connectivity index (χ2n) is 5.85. The molecule has 0 amide bonds. The SMILES string of the molecule is O=P(CC[C@@H](O)c1ccccc1)(c1ccccc1)c1ccccc1. The molecule has 0 aliphatic rings. The van der Waals surface area contributed by atoms with Gasteiger partial charge in [-0.2, -0.15) is 0 Å². The number of aliphatic hydroxyl groups excluding tert-OH is 1. The Labute approximate surface area is 143 Å². The van der Waals surface area contributed by atoms with E-state index in [9.17, 15) is 9.67 Å². The van der Waals surface area contributed by atoms with Gasteiger partial charge in [-0.3, -0.25) is 0 Å². The van der Waals surface area contributed by atoms with E-state index in [1.165, 1.54) is 0 Å². The molecule has 0 saturated heterocycles. The Bertz CT molecular complexity index is 758. The number of hydrogen-bond donors (Lipinski definition) is 1. The van der Waals surface area contributed by atoms with Gasteiger partial charge >= 0.3 is 0 Å². The van der Waals surface area contributed by atoms with E-state index in [-0.39, 0.29) is 0 Å². The summed E-state index contributed by atoms with van der Waals surface area (Å²) in [6.45, 7) is 0. The van der Waals surface area contributed by atoms with Crippen molar-refractivity contribution in [1.29, 1.82) is 0 Å². The van der Waals surface area contributed by atoms with Crippen LogP contribution in [0.3, 0.4) is 0 Å². The highest BCUT2D eigenvalue weighted by Gasteiger charge is 2.27. The first-order valence-corrected chi connectivity index (χ1v) is 10.0. The van der Waals surface area contributed by atoms with E-state index >= 15 is 0 Å². The van der Waals surface area contributed by atoms with Crippen molar-refractivity contribution in [2.45, 2.75) is 12.5 Å². The molecule has 0 heterocycles. The molecule has 3 aromatic rings. The zero-order valence-electron chi connectivity index (χ0n) is 13.5. The van der Waals surface area contributed by atoms with Gasteiger partial charge in [0.05, 0.1) is 6.10 Å². The minimum absolute atomic E-state index is 0.442. The zero-order valence-corrected chi connectivity index (χ0v) is 14.3. The Morgan fingerprint density at radius 1 is 0.708 bits per heavy atom. The van der Waals surface area contributed by atoms with E-state index in [0.717, 1.165) is 16.2 Å². The molecule has 3 heteroatoms. The van der Waals surface area contributed by atoms with Gasteiger partial charge in [0.1, 0.15) is 7.14 Å². The van der Waals surface area contributed by atoms with Crippen molar-refractivity contribution in [1.82, 2.24) is 0 Å². The summed E-state index contributed by atoms with van der Waals surface area (Å²) in [5.41, 5.74) is 0.866. The molecule has 0 spiro atoms. The smallest absolute Gasteiger partial charge is 0.143 e. The lowest BCUT2D eigenvalue weighted by molar-refractivity contribution is 0.174. The second kappa shape index (κ2) is 7.61. The first-order valence-electron chi connectivity index (χ1n) is 8.13. The fraction of sp³-hybridized carbons (Fsp3) is 0.143. The molecule has 0 radical (unpaired) electrons. The van der Waals surface area contributed by atoms with Crippen LogP contribution in [0.2, 0.25) is 0 Å². The average Bonchev–Trinajstić information content (AvgIpc) is 2.68. The number of aliphatic hydroxyl groups is 1. The number of hydrogen-bond acceptors (Lipinski definition) is 2. The van der Waals surface area contributed by atoms with Crippen molar-refractivity contribution in [3.05, 3.63) is 96.6 Å². The highest BCUT2D eigenvalue weighted by Crippen LogP contribution is 2.45. The minimum atomic E-state index is -2.76. The quantitative estimate of drug-likeness (QED) is 0.688. The fourth-order valence-electron chi connectivity index (χ4n) is 2.89. The molecule has 3 aromatic carbocycles. The summed E-state index contributed by atoms with van der Waals surface area (Å²) in [4.78, 5) is 0. The fourth-order valence-corrected chi connectivity index (χ4v) is 5.62. The van der Waals surface area contributed by atoms with Gasteiger partial charge in [0.2, 0.25) is 0 Å². The standard InChI is InChI=1S/C21H21O2P/c22-21(18-10-4-1-5-11-18)16-17-24(23,19-12-6-2-7-13-19)20-14-8-3-9-15-20/h1-15,21-22H,16-17H2/t21-/m1/s1. The molecular weight excluding hydrogens is 315 g/mol. The predicted octanol–water partition coefficient (Wildman–Crippen LogP) is 4.12. The Kier molecular flexibility index (Phi) is 5.30. The maximum Gasteiger partial charge on any atom is 0.143 e. The van der Waals surface area contributed by atoms with E-state index in [1.54, 1.807) is 0 Å². The first kappa shape index (κ1) is 16.7. The lowest BCUT2D eigenvalue weighted by Gasteiger charge is -2.21. The van der Waals surface area contributed by atoms with Gasteiger partial charge in [-0.05, 0) is 12.0 Å². The molecule has 0 aliphatic heterocycles. The van der Waals surface area contributed by atoms with Gasteiger partial charge < -0.3 is 9.67 Å². The summed E-state index contributed by atoms with van der Waals surface area (Å²) >= 11 is 0. The highest BCUT2D eigenvalue weighted by molar-refractivity contribution is 7.78. The van der Waals surface area contributed by atoms with Gasteiger partial charge in [0.15, 0.2) is 0 Å². The molecule has 0 aliphatic carbocycles. The van der Waals surface area contributed by atoms with E-state index in [4.69, 9.17) is 0 Å². The Morgan fingerprint density at radius 2 is 1.12 bits per heavy atom. The van der Waals surface area contributed by atoms with Gasteiger partial charge in [-0.15, -0.1) is 0 Å². The lowest BCUT2D eigenvalue weighted by atomic mass is 10.1. The van der Waals surface area contributed by atoms with Gasteiger partial charge in [-0.1, -0.05) is 91.0 Å². The summed E-state index contributed by atoms with van der Waals surface area (Å²) in [5.74, 6) is 0. The van der Waals surface area contributed by atoms with Gasteiger partial charge in [-0.25, -0.2) is 0 Å². The molecule has 0 saturated carbocycles. The third kappa shape index (κ3) is 3.67. The van der Waals surface area contributed by atoms with E-state index in [0.29, 0.717) is 12.6 Å². The van der Waals surface area contributed by atoms with E-state index in [1.807, 2.05) is 91.0 Å². The van der Waals surface area contributed by atoms with Crippen molar-refractivity contribution in [2.24, 2.45) is 0 Å². The van der Waals surface area contributed by atoms with Crippen LogP contribution >= 0.6 is 7.14 Å². The molecule has 1 atom stereocenters. The average molecular weight is 336 g/mol. The Balaban J connectivity index is 1.88. The van der Waals surface area contributed by atoms with Crippen LogP contribution in [-0.2, 0) is 4.57 Å². The van der Waals surface area contributed by atoms with Gasteiger partial charge in [0.25, 0.3) is 0 Å². The molecule has 3 rings (SSSR count). The van der Waals surface area contributed by atoms with Crippen LogP contribution in [0.25, 0.3) is 0 Å². The molecular formula is C21H21O2P. The molecule has 2 nitrogen and oxygen atoms in total. The van der Waals surface area contributed by atoms with Crippen LogP contribution in [0.5, 0.6) is 0 Å². The van der Waals surface area contributed by atoms with Gasteiger partial charge in [0, 0.05) is 16.8 Å². The molecule has 24 heavy (non-hydrogen) atoms. The molecule has 1 N–H and O–H groups in total. The third-order valence-electron chi connectivity index (χ3n) is 4.25. The maximum atomic E-state index is 13.8. The van der Waals surface area contributed by atoms with Crippen molar-refractivity contribution < 1.29 is 9.67 Å². The minimum Gasteiger partial charge on any atom is -0.388 e. The van der Waals surface area contributed by atoms with E-state index in [2.05, 4.69) is 0 Å². The first-order chi connectivity index (χ1) is 11.7. The highest BCUT2D eigenvalue weighted by atomic mass is 31.2. The Hall–Kier alpha value is -2.15. The summed E-state index contributed by atoms with van der Waals surface area (Å²) in [7, 11) is -2.76. The van der Waals surface area contributed by atoms with Crippen LogP contribution in [0.4, 0.5) is 0 Å². The largest absolute Gasteiger partial charge is 0.388 e. The van der Waals surface area contributed by atoms with Crippen molar-refractivity contribution in [3.63, 3.8) is 0 Å². The molecule has 0 bridgehead atoms. The summed E-state index contributed by atoms with van der Waals surface area (Å²) in [5, 5.41) is 12.1. The van der Waals surface area contributed by atoms with E-state index < -0.39 is 13.2 Å². The molecule has 0 unspecified atom stereocenters. The van der Waals surface area contributed by atoms with Crippen LogP contribution in [0.1, 0.15) is 18.1 Å². The van der Waals surface area contributed by atoms with Crippen LogP contribution in [0, 0.1) is 0 Å². The van der Waals surface area contributed by atoms with Crippen LogP contribution in [-0.4, -0.2) is 11.3 Å². The maximum absolute atomic E-state index is 13.8. The second-order valence-corrected chi connectivity index (χ2v) is 8.81.